The van der Waals surface area contributed by atoms with Gasteiger partial charge in [-0.05, 0) is 29.8 Å². The average Bonchev–Trinajstić information content (AvgIpc) is 2.72. The van der Waals surface area contributed by atoms with Crippen molar-refractivity contribution in [1.82, 2.24) is 20.1 Å². The van der Waals surface area contributed by atoms with E-state index in [2.05, 4.69) is 15.3 Å². The van der Waals surface area contributed by atoms with Crippen molar-refractivity contribution in [3.63, 3.8) is 0 Å². The molecule has 7 nitrogen and oxygen atoms in total. The number of nitrogens with one attached hydrogen (secondary N) is 1. The van der Waals surface area contributed by atoms with Crippen molar-refractivity contribution in [1.29, 1.82) is 0 Å². The number of piperazine rings is 1. The summed E-state index contributed by atoms with van der Waals surface area (Å²) in [6.07, 6.45) is 0. The van der Waals surface area contributed by atoms with Crippen LogP contribution < -0.4 is 10.2 Å². The molecule has 3 rings (SSSR count). The Hall–Kier alpha value is -2.07. The molecule has 1 aliphatic rings. The van der Waals surface area contributed by atoms with E-state index >= 15 is 0 Å². The first kappa shape index (κ1) is 24.2. The van der Waals surface area contributed by atoms with Gasteiger partial charge in [-0.2, -0.15) is 0 Å². The molecule has 1 amide bonds. The van der Waals surface area contributed by atoms with Crippen LogP contribution in [0.2, 0.25) is 5.02 Å². The zero-order valence-electron chi connectivity index (χ0n) is 17.5. The molecule has 0 unspecified atom stereocenters. The summed E-state index contributed by atoms with van der Waals surface area (Å²) in [7, 11) is 5.66. The first-order chi connectivity index (χ1) is 14.0. The zero-order chi connectivity index (χ0) is 20.8. The van der Waals surface area contributed by atoms with Crippen molar-refractivity contribution in [2.45, 2.75) is 13.1 Å². The minimum atomic E-state index is 0. The predicted octanol–water partition coefficient (Wildman–Crippen LogP) is 2.84. The number of amides is 1. The van der Waals surface area contributed by atoms with Gasteiger partial charge in [0, 0.05) is 45.8 Å². The van der Waals surface area contributed by atoms with Crippen LogP contribution in [-0.4, -0.2) is 67.4 Å². The highest BCUT2D eigenvalue weighted by Crippen LogP contribution is 2.14. The largest absolute Gasteiger partial charge is 0.363 e. The number of benzene rings is 1. The first-order valence-electron chi connectivity index (χ1n) is 9.57. The topological polar surface area (TPSA) is 64.1 Å². The Morgan fingerprint density at radius 2 is 1.93 bits per heavy atom. The summed E-state index contributed by atoms with van der Waals surface area (Å²) < 4.78 is 0. The maximum Gasteiger partial charge on any atom is 0.242 e. The Morgan fingerprint density at radius 1 is 1.20 bits per heavy atom. The summed E-state index contributed by atoms with van der Waals surface area (Å²) in [5, 5.41) is 4.02. The number of aromatic nitrogens is 1. The second-order valence-corrected chi connectivity index (χ2v) is 7.58. The number of anilines is 1. The molecular formula is C21H28ClIN6O. The lowest BCUT2D eigenvalue weighted by Gasteiger charge is -2.36. The minimum absolute atomic E-state index is 0. The Balaban J connectivity index is 0.00000320. The van der Waals surface area contributed by atoms with Crippen molar-refractivity contribution in [3.05, 3.63) is 58.7 Å². The minimum Gasteiger partial charge on any atom is -0.363 e. The Kier molecular flexibility index (Phi) is 9.16. The third kappa shape index (κ3) is 6.46. The third-order valence-corrected chi connectivity index (χ3v) is 5.05. The molecule has 0 aliphatic carbocycles. The summed E-state index contributed by atoms with van der Waals surface area (Å²) in [4.78, 5) is 27.4. The molecule has 1 fully saturated rings. The predicted molar refractivity (Wildman–Crippen MR) is 133 cm³/mol. The molecule has 162 valence electrons. The SMILES string of the molecule is CN=C(NCc1cccc(N(C)C)n1)N1CCN(Cc2ccc(Cl)cc2)C(=O)C1.I. The van der Waals surface area contributed by atoms with Gasteiger partial charge in [-0.1, -0.05) is 29.8 Å². The maximum atomic E-state index is 12.6. The van der Waals surface area contributed by atoms with Crippen molar-refractivity contribution in [3.8, 4) is 0 Å². The van der Waals surface area contributed by atoms with Crippen LogP contribution in [0.25, 0.3) is 0 Å². The van der Waals surface area contributed by atoms with Crippen molar-refractivity contribution >= 4 is 53.3 Å². The summed E-state index contributed by atoms with van der Waals surface area (Å²) >= 11 is 5.94. The van der Waals surface area contributed by atoms with Gasteiger partial charge in [0.25, 0.3) is 0 Å². The molecule has 0 spiro atoms. The maximum absolute atomic E-state index is 12.6. The summed E-state index contributed by atoms with van der Waals surface area (Å²) in [5.74, 6) is 1.70. The standard InChI is InChI=1S/C21H27ClN6O.HI/c1-23-21(24-13-18-5-4-6-19(25-18)26(2)3)28-12-11-27(20(29)15-28)14-16-7-9-17(22)10-8-16;/h4-10H,11-15H2,1-3H3,(H,23,24);1H. The van der Waals surface area contributed by atoms with E-state index in [-0.39, 0.29) is 29.9 Å². The summed E-state index contributed by atoms with van der Waals surface area (Å²) in [6.45, 7) is 2.82. The fourth-order valence-corrected chi connectivity index (χ4v) is 3.31. The number of aliphatic imine (C=N–C) groups is 1. The molecule has 1 N–H and O–H groups in total. The molecule has 0 radical (unpaired) electrons. The van der Waals surface area contributed by atoms with Crippen LogP contribution in [0.5, 0.6) is 0 Å². The monoisotopic (exact) mass is 542 g/mol. The molecular weight excluding hydrogens is 515 g/mol. The van der Waals surface area contributed by atoms with Gasteiger partial charge in [-0.15, -0.1) is 24.0 Å². The average molecular weight is 543 g/mol. The van der Waals surface area contributed by atoms with Gasteiger partial charge >= 0.3 is 0 Å². The van der Waals surface area contributed by atoms with Gasteiger partial charge in [0.2, 0.25) is 5.91 Å². The lowest BCUT2D eigenvalue weighted by Crippen LogP contribution is -2.54. The van der Waals surface area contributed by atoms with Crippen molar-refractivity contribution in [2.75, 3.05) is 45.7 Å². The van der Waals surface area contributed by atoms with Gasteiger partial charge < -0.3 is 20.0 Å². The second kappa shape index (κ2) is 11.4. The van der Waals surface area contributed by atoms with E-state index in [1.807, 2.05) is 71.3 Å². The Labute approximate surface area is 200 Å². The van der Waals surface area contributed by atoms with Gasteiger partial charge in [0.15, 0.2) is 5.96 Å². The summed E-state index contributed by atoms with van der Waals surface area (Å²) in [5.41, 5.74) is 2.00. The quantitative estimate of drug-likeness (QED) is 0.358. The number of rotatable bonds is 5. The number of nitrogens with zero attached hydrogens (tertiary/aromatic N) is 5. The number of carbonyl (C=O) groups excluding carboxylic acids is 1. The molecule has 1 aliphatic heterocycles. The number of carbonyl (C=O) groups is 1. The van der Waals surface area contributed by atoms with Gasteiger partial charge in [0.05, 0.1) is 18.8 Å². The van der Waals surface area contributed by atoms with Crippen LogP contribution >= 0.6 is 35.6 Å². The molecule has 9 heteroatoms. The van der Waals surface area contributed by atoms with Crippen LogP contribution in [0, 0.1) is 0 Å². The van der Waals surface area contributed by atoms with E-state index in [0.717, 1.165) is 23.6 Å². The molecule has 1 aromatic heterocycles. The van der Waals surface area contributed by atoms with Crippen molar-refractivity contribution in [2.24, 2.45) is 4.99 Å². The molecule has 2 aromatic rings. The normalized spacial score (nSPS) is 14.4. The van der Waals surface area contributed by atoms with Gasteiger partial charge in [0.1, 0.15) is 5.82 Å². The zero-order valence-corrected chi connectivity index (χ0v) is 20.6. The molecule has 0 bridgehead atoms. The number of hydrogen-bond donors (Lipinski definition) is 1. The fraction of sp³-hybridized carbons (Fsp3) is 0.381. The van der Waals surface area contributed by atoms with Crippen LogP contribution in [0.4, 0.5) is 5.82 Å². The highest BCUT2D eigenvalue weighted by molar-refractivity contribution is 14.0. The highest BCUT2D eigenvalue weighted by atomic mass is 127. The van der Waals surface area contributed by atoms with Crippen LogP contribution in [0.1, 0.15) is 11.3 Å². The highest BCUT2D eigenvalue weighted by Gasteiger charge is 2.26. The second-order valence-electron chi connectivity index (χ2n) is 7.15. The van der Waals surface area contributed by atoms with Crippen molar-refractivity contribution < 1.29 is 4.79 Å². The van der Waals surface area contributed by atoms with Gasteiger partial charge in [-0.3, -0.25) is 9.79 Å². The fourth-order valence-electron chi connectivity index (χ4n) is 3.18. The number of pyridine rings is 1. The number of guanidine groups is 1. The molecule has 0 atom stereocenters. The molecule has 0 saturated carbocycles. The lowest BCUT2D eigenvalue weighted by atomic mass is 10.2. The Bertz CT molecular complexity index is 874. The van der Waals surface area contributed by atoms with Crippen LogP contribution in [0.3, 0.4) is 0 Å². The molecule has 2 heterocycles. The molecule has 1 saturated heterocycles. The van der Waals surface area contributed by atoms with Crippen LogP contribution in [0.15, 0.2) is 47.5 Å². The number of hydrogen-bond acceptors (Lipinski definition) is 4. The Morgan fingerprint density at radius 3 is 2.57 bits per heavy atom. The summed E-state index contributed by atoms with van der Waals surface area (Å²) in [6, 6.07) is 13.5. The van der Waals surface area contributed by atoms with E-state index in [4.69, 9.17) is 11.6 Å². The lowest BCUT2D eigenvalue weighted by molar-refractivity contribution is -0.135. The van der Waals surface area contributed by atoms with E-state index in [9.17, 15) is 4.79 Å². The third-order valence-electron chi connectivity index (χ3n) is 4.79. The smallest absolute Gasteiger partial charge is 0.242 e. The molecule has 30 heavy (non-hydrogen) atoms. The first-order valence-corrected chi connectivity index (χ1v) is 9.95. The molecule has 1 aromatic carbocycles. The van der Waals surface area contributed by atoms with E-state index in [1.165, 1.54) is 0 Å². The van der Waals surface area contributed by atoms with Gasteiger partial charge in [-0.25, -0.2) is 4.98 Å². The van der Waals surface area contributed by atoms with E-state index < -0.39 is 0 Å². The number of halogens is 2. The van der Waals surface area contributed by atoms with E-state index in [1.54, 1.807) is 7.05 Å². The van der Waals surface area contributed by atoms with E-state index in [0.29, 0.717) is 37.2 Å². The van der Waals surface area contributed by atoms with Crippen LogP contribution in [-0.2, 0) is 17.9 Å².